The molecule has 2 aromatic rings. The van der Waals surface area contributed by atoms with Gasteiger partial charge in [-0.1, -0.05) is 30.3 Å². The molecule has 3 nitrogen and oxygen atoms in total. The predicted molar refractivity (Wildman–Crippen MR) is 90.0 cm³/mol. The predicted octanol–water partition coefficient (Wildman–Crippen LogP) is 3.77. The van der Waals surface area contributed by atoms with Crippen LogP contribution < -0.4 is 10.2 Å². The maximum Gasteiger partial charge on any atom is 0.186 e. The van der Waals surface area contributed by atoms with E-state index in [0.29, 0.717) is 5.92 Å². The summed E-state index contributed by atoms with van der Waals surface area (Å²) in [5.74, 6) is 0.716. The molecule has 0 radical (unpaired) electrons. The van der Waals surface area contributed by atoms with Crippen molar-refractivity contribution in [1.82, 2.24) is 10.3 Å². The fourth-order valence-corrected chi connectivity index (χ4v) is 3.79. The lowest BCUT2D eigenvalue weighted by Crippen LogP contribution is -2.21. The van der Waals surface area contributed by atoms with E-state index < -0.39 is 0 Å². The highest BCUT2D eigenvalue weighted by Gasteiger charge is 2.30. The molecule has 1 aliphatic rings. The van der Waals surface area contributed by atoms with E-state index in [1.807, 2.05) is 18.4 Å². The van der Waals surface area contributed by atoms with Crippen molar-refractivity contribution in [2.75, 3.05) is 18.5 Å². The summed E-state index contributed by atoms with van der Waals surface area (Å²) in [4.78, 5) is 8.76. The van der Waals surface area contributed by atoms with E-state index in [2.05, 4.69) is 47.5 Å². The minimum Gasteiger partial charge on any atom is -0.344 e. The number of rotatable bonds is 7. The molecule has 1 aliphatic carbocycles. The number of aromatic nitrogens is 1. The van der Waals surface area contributed by atoms with Crippen LogP contribution in [0, 0.1) is 0 Å². The van der Waals surface area contributed by atoms with Gasteiger partial charge in [0.15, 0.2) is 5.13 Å². The SMILES string of the molecule is CCN(Cc1ccccc1)c1nc(C2CC2)c(CNC)s1. The summed E-state index contributed by atoms with van der Waals surface area (Å²) in [5, 5.41) is 4.45. The maximum absolute atomic E-state index is 4.96. The summed E-state index contributed by atoms with van der Waals surface area (Å²) in [6.07, 6.45) is 2.62. The Kier molecular flexibility index (Phi) is 4.56. The van der Waals surface area contributed by atoms with Crippen LogP contribution in [0.15, 0.2) is 30.3 Å². The lowest BCUT2D eigenvalue weighted by Gasteiger charge is -2.19. The van der Waals surface area contributed by atoms with Crippen molar-refractivity contribution < 1.29 is 0 Å². The third-order valence-corrected chi connectivity index (χ3v) is 5.02. The molecular formula is C17H23N3S. The number of benzene rings is 1. The molecule has 1 fully saturated rings. The van der Waals surface area contributed by atoms with Gasteiger partial charge >= 0.3 is 0 Å². The standard InChI is InChI=1S/C17H23N3S/c1-3-20(12-13-7-5-4-6-8-13)17-19-16(14-9-10-14)15(21-17)11-18-2/h4-8,14,18H,3,9-12H2,1-2H3. The smallest absolute Gasteiger partial charge is 0.186 e. The van der Waals surface area contributed by atoms with Crippen LogP contribution in [0.1, 0.15) is 41.8 Å². The molecule has 0 unspecified atom stereocenters. The molecule has 1 saturated carbocycles. The molecule has 0 saturated heterocycles. The zero-order chi connectivity index (χ0) is 14.7. The van der Waals surface area contributed by atoms with Gasteiger partial charge in [0.1, 0.15) is 0 Å². The highest BCUT2D eigenvalue weighted by atomic mass is 32.1. The average Bonchev–Trinajstić information content (AvgIpc) is 3.28. The highest BCUT2D eigenvalue weighted by Crippen LogP contribution is 2.44. The Labute approximate surface area is 131 Å². The molecule has 0 amide bonds. The summed E-state index contributed by atoms with van der Waals surface area (Å²) in [7, 11) is 2.01. The Hall–Kier alpha value is -1.39. The van der Waals surface area contributed by atoms with Gasteiger partial charge in [-0.2, -0.15) is 0 Å². The zero-order valence-corrected chi connectivity index (χ0v) is 13.6. The quantitative estimate of drug-likeness (QED) is 0.844. The van der Waals surface area contributed by atoms with Crippen molar-refractivity contribution in [3.8, 4) is 0 Å². The molecule has 0 spiro atoms. The second kappa shape index (κ2) is 6.58. The van der Waals surface area contributed by atoms with Gasteiger partial charge in [0.05, 0.1) is 5.69 Å². The van der Waals surface area contributed by atoms with Crippen LogP contribution in [-0.4, -0.2) is 18.6 Å². The Balaban J connectivity index is 1.81. The molecule has 1 N–H and O–H groups in total. The molecule has 0 atom stereocenters. The fourth-order valence-electron chi connectivity index (χ4n) is 2.57. The van der Waals surface area contributed by atoms with E-state index >= 15 is 0 Å². The second-order valence-corrected chi connectivity index (χ2v) is 6.67. The molecule has 1 aromatic carbocycles. The number of hydrogen-bond donors (Lipinski definition) is 1. The van der Waals surface area contributed by atoms with Gasteiger partial charge in [-0.25, -0.2) is 4.98 Å². The number of thiazole rings is 1. The van der Waals surface area contributed by atoms with Gasteiger partial charge in [0, 0.05) is 30.4 Å². The van der Waals surface area contributed by atoms with E-state index in [0.717, 1.165) is 19.6 Å². The van der Waals surface area contributed by atoms with Crippen molar-refractivity contribution >= 4 is 16.5 Å². The average molecular weight is 301 g/mol. The normalized spacial score (nSPS) is 14.4. The van der Waals surface area contributed by atoms with E-state index in [-0.39, 0.29) is 0 Å². The Morgan fingerprint density at radius 1 is 1.29 bits per heavy atom. The minimum atomic E-state index is 0.716. The monoisotopic (exact) mass is 301 g/mol. The van der Waals surface area contributed by atoms with Crippen LogP contribution in [0.5, 0.6) is 0 Å². The van der Waals surface area contributed by atoms with Crippen LogP contribution in [-0.2, 0) is 13.1 Å². The lowest BCUT2D eigenvalue weighted by molar-refractivity contribution is 0.804. The summed E-state index contributed by atoms with van der Waals surface area (Å²) in [6, 6.07) is 10.7. The van der Waals surface area contributed by atoms with Gasteiger partial charge < -0.3 is 10.2 Å². The van der Waals surface area contributed by atoms with Gasteiger partial charge in [0.2, 0.25) is 0 Å². The van der Waals surface area contributed by atoms with Gasteiger partial charge in [-0.05, 0) is 32.4 Å². The Morgan fingerprint density at radius 2 is 2.05 bits per heavy atom. The van der Waals surface area contributed by atoms with Gasteiger partial charge in [-0.15, -0.1) is 11.3 Å². The Bertz CT molecular complexity index is 575. The second-order valence-electron chi connectivity index (χ2n) is 5.61. The third kappa shape index (κ3) is 3.44. The van der Waals surface area contributed by atoms with Crippen molar-refractivity contribution in [3.05, 3.63) is 46.5 Å². The van der Waals surface area contributed by atoms with Crippen LogP contribution in [0.4, 0.5) is 5.13 Å². The largest absolute Gasteiger partial charge is 0.344 e. The summed E-state index contributed by atoms with van der Waals surface area (Å²) >= 11 is 1.86. The minimum absolute atomic E-state index is 0.716. The van der Waals surface area contributed by atoms with E-state index in [4.69, 9.17) is 4.98 Å². The summed E-state index contributed by atoms with van der Waals surface area (Å²) in [5.41, 5.74) is 2.69. The third-order valence-electron chi connectivity index (χ3n) is 3.89. The highest BCUT2D eigenvalue weighted by molar-refractivity contribution is 7.15. The molecular weight excluding hydrogens is 278 g/mol. The number of anilines is 1. The number of nitrogens with zero attached hydrogens (tertiary/aromatic N) is 2. The first-order valence-corrected chi connectivity index (χ1v) is 8.56. The van der Waals surface area contributed by atoms with Crippen molar-refractivity contribution in [2.45, 2.75) is 38.8 Å². The molecule has 1 aromatic heterocycles. The molecule has 21 heavy (non-hydrogen) atoms. The first-order chi connectivity index (χ1) is 10.3. The first kappa shape index (κ1) is 14.5. The number of nitrogens with one attached hydrogen (secondary N) is 1. The van der Waals surface area contributed by atoms with Crippen LogP contribution in [0.2, 0.25) is 0 Å². The van der Waals surface area contributed by atoms with E-state index in [1.54, 1.807) is 0 Å². The van der Waals surface area contributed by atoms with Crippen molar-refractivity contribution in [1.29, 1.82) is 0 Å². The Morgan fingerprint density at radius 3 is 2.67 bits per heavy atom. The fraction of sp³-hybridized carbons (Fsp3) is 0.471. The van der Waals surface area contributed by atoms with Crippen LogP contribution in [0.25, 0.3) is 0 Å². The van der Waals surface area contributed by atoms with E-state index in [1.165, 1.54) is 34.1 Å². The van der Waals surface area contributed by atoms with Crippen LogP contribution in [0.3, 0.4) is 0 Å². The van der Waals surface area contributed by atoms with Crippen LogP contribution >= 0.6 is 11.3 Å². The molecule has 4 heteroatoms. The first-order valence-electron chi connectivity index (χ1n) is 7.75. The van der Waals surface area contributed by atoms with Crippen molar-refractivity contribution in [3.63, 3.8) is 0 Å². The van der Waals surface area contributed by atoms with Gasteiger partial charge in [0.25, 0.3) is 0 Å². The zero-order valence-electron chi connectivity index (χ0n) is 12.8. The number of hydrogen-bond acceptors (Lipinski definition) is 4. The maximum atomic E-state index is 4.96. The summed E-state index contributed by atoms with van der Waals surface area (Å²) < 4.78 is 0. The molecule has 3 rings (SSSR count). The van der Waals surface area contributed by atoms with Gasteiger partial charge in [-0.3, -0.25) is 0 Å². The molecule has 1 heterocycles. The molecule has 0 aliphatic heterocycles. The molecule has 0 bridgehead atoms. The lowest BCUT2D eigenvalue weighted by atomic mass is 10.2. The van der Waals surface area contributed by atoms with Crippen molar-refractivity contribution in [2.24, 2.45) is 0 Å². The molecule has 112 valence electrons. The summed E-state index contributed by atoms with van der Waals surface area (Å²) in [6.45, 7) is 5.07. The topological polar surface area (TPSA) is 28.2 Å². The van der Waals surface area contributed by atoms with E-state index in [9.17, 15) is 0 Å².